The summed E-state index contributed by atoms with van der Waals surface area (Å²) in [5.41, 5.74) is 4.90. The van der Waals surface area contributed by atoms with E-state index in [1.807, 2.05) is 50.2 Å². The summed E-state index contributed by atoms with van der Waals surface area (Å²) in [7, 11) is 0. The molecule has 2 aromatic carbocycles. The molecule has 0 heterocycles. The molecule has 24 heavy (non-hydrogen) atoms. The molecule has 2 aromatic rings. The highest BCUT2D eigenvalue weighted by molar-refractivity contribution is 6.03. The normalized spacial score (nSPS) is 11.2. The van der Waals surface area contributed by atoms with E-state index in [-0.39, 0.29) is 11.8 Å². The number of amides is 1. The smallest absolute Gasteiger partial charge is 0.275 e. The number of nitrogens with zero attached hydrogens (tertiary/aromatic N) is 1. The summed E-state index contributed by atoms with van der Waals surface area (Å²) < 4.78 is 5.52. The monoisotopic (exact) mass is 322 g/mol. The fraction of sp³-hybridized carbons (Fsp3) is 0.200. The Hall–Kier alpha value is -2.88. The number of para-hydroxylation sites is 1. The first kappa shape index (κ1) is 17.5. The first-order chi connectivity index (χ1) is 11.6. The number of hydrogen-bond acceptors (Lipinski definition) is 3. The average Bonchev–Trinajstić information content (AvgIpc) is 2.61. The second kappa shape index (κ2) is 8.67. The van der Waals surface area contributed by atoms with Crippen molar-refractivity contribution in [2.45, 2.75) is 13.8 Å². The molecule has 4 nitrogen and oxygen atoms in total. The third-order valence-electron chi connectivity index (χ3n) is 3.38. The summed E-state index contributed by atoms with van der Waals surface area (Å²) in [6.45, 7) is 8.04. The standard InChI is InChI=1S/C20H22N2O2/c1-4-14-24-18-13-9-8-12-17(18)20(23)22-21-19(15(2)3)16-10-6-5-7-11-16/h4-13,15H,1,14H2,2-3H3,(H,22,23)/b21-19+. The molecule has 2 rings (SSSR count). The zero-order valence-corrected chi connectivity index (χ0v) is 14.0. The van der Waals surface area contributed by atoms with Crippen LogP contribution in [-0.4, -0.2) is 18.2 Å². The van der Waals surface area contributed by atoms with E-state index >= 15 is 0 Å². The summed E-state index contributed by atoms with van der Waals surface area (Å²) in [6.07, 6.45) is 1.64. The quantitative estimate of drug-likeness (QED) is 0.475. The van der Waals surface area contributed by atoms with Gasteiger partial charge in [-0.05, 0) is 23.6 Å². The molecule has 0 fully saturated rings. The number of benzene rings is 2. The van der Waals surface area contributed by atoms with Gasteiger partial charge in [-0.15, -0.1) is 0 Å². The molecule has 0 radical (unpaired) electrons. The van der Waals surface area contributed by atoms with Gasteiger partial charge in [0.1, 0.15) is 12.4 Å². The van der Waals surface area contributed by atoms with Crippen molar-refractivity contribution in [1.82, 2.24) is 5.43 Å². The fourth-order valence-corrected chi connectivity index (χ4v) is 2.24. The molecule has 0 unspecified atom stereocenters. The topological polar surface area (TPSA) is 50.7 Å². The Kier molecular flexibility index (Phi) is 6.32. The molecule has 4 heteroatoms. The highest BCUT2D eigenvalue weighted by atomic mass is 16.5. The van der Waals surface area contributed by atoms with Crippen molar-refractivity contribution in [2.24, 2.45) is 11.0 Å². The molecule has 0 aliphatic carbocycles. The lowest BCUT2D eigenvalue weighted by molar-refractivity contribution is 0.0951. The molecular formula is C20H22N2O2. The molecule has 0 saturated carbocycles. The number of hydrogen-bond donors (Lipinski definition) is 1. The molecule has 124 valence electrons. The Morgan fingerprint density at radius 1 is 1.17 bits per heavy atom. The Bertz CT molecular complexity index is 721. The van der Waals surface area contributed by atoms with Gasteiger partial charge in [0.05, 0.1) is 11.3 Å². The molecule has 0 aliphatic rings. The van der Waals surface area contributed by atoms with Gasteiger partial charge in [0.25, 0.3) is 5.91 Å². The van der Waals surface area contributed by atoms with Crippen molar-refractivity contribution in [2.75, 3.05) is 6.61 Å². The minimum atomic E-state index is -0.302. The molecule has 0 atom stereocenters. The molecule has 0 saturated heterocycles. The van der Waals surface area contributed by atoms with Gasteiger partial charge in [0.2, 0.25) is 0 Å². The van der Waals surface area contributed by atoms with Crippen molar-refractivity contribution in [3.8, 4) is 5.75 Å². The van der Waals surface area contributed by atoms with Gasteiger partial charge < -0.3 is 4.74 Å². The van der Waals surface area contributed by atoms with Crippen molar-refractivity contribution < 1.29 is 9.53 Å². The fourth-order valence-electron chi connectivity index (χ4n) is 2.24. The number of rotatable bonds is 7. The van der Waals surface area contributed by atoms with E-state index < -0.39 is 0 Å². The summed E-state index contributed by atoms with van der Waals surface area (Å²) in [5, 5.41) is 4.33. The van der Waals surface area contributed by atoms with Crippen molar-refractivity contribution >= 4 is 11.6 Å². The molecule has 1 N–H and O–H groups in total. The van der Waals surface area contributed by atoms with Crippen LogP contribution in [0.2, 0.25) is 0 Å². The predicted molar refractivity (Wildman–Crippen MR) is 97.4 cm³/mol. The van der Waals surface area contributed by atoms with Crippen molar-refractivity contribution in [3.63, 3.8) is 0 Å². The van der Waals surface area contributed by atoms with Crippen LogP contribution in [0.4, 0.5) is 0 Å². The molecule has 1 amide bonds. The number of carbonyl (C=O) groups is 1. The largest absolute Gasteiger partial charge is 0.489 e. The zero-order chi connectivity index (χ0) is 17.4. The third-order valence-corrected chi connectivity index (χ3v) is 3.38. The van der Waals surface area contributed by atoms with Crippen LogP contribution in [0.15, 0.2) is 72.4 Å². The van der Waals surface area contributed by atoms with Crippen molar-refractivity contribution in [3.05, 3.63) is 78.4 Å². The molecule has 0 spiro atoms. The van der Waals surface area contributed by atoms with E-state index in [0.29, 0.717) is 17.9 Å². The number of carbonyl (C=O) groups excluding carboxylic acids is 1. The lowest BCUT2D eigenvalue weighted by Crippen LogP contribution is -2.22. The maximum atomic E-state index is 12.5. The first-order valence-electron chi connectivity index (χ1n) is 7.89. The van der Waals surface area contributed by atoms with Gasteiger partial charge in [-0.2, -0.15) is 5.10 Å². The molecule has 0 aliphatic heterocycles. The van der Waals surface area contributed by atoms with Crippen LogP contribution in [0.5, 0.6) is 5.75 Å². The molecule has 0 aromatic heterocycles. The maximum Gasteiger partial charge on any atom is 0.275 e. The third kappa shape index (κ3) is 4.56. The molecular weight excluding hydrogens is 300 g/mol. The Labute approximate surface area is 142 Å². The second-order valence-corrected chi connectivity index (χ2v) is 5.55. The summed E-state index contributed by atoms with van der Waals surface area (Å²) in [5.74, 6) is 0.389. The van der Waals surface area contributed by atoms with Crippen LogP contribution in [0.1, 0.15) is 29.8 Å². The van der Waals surface area contributed by atoms with Crippen LogP contribution >= 0.6 is 0 Å². The number of nitrogens with one attached hydrogen (secondary N) is 1. The van der Waals surface area contributed by atoms with E-state index in [9.17, 15) is 4.79 Å². The van der Waals surface area contributed by atoms with E-state index in [0.717, 1.165) is 11.3 Å². The van der Waals surface area contributed by atoms with Crippen molar-refractivity contribution in [1.29, 1.82) is 0 Å². The van der Waals surface area contributed by atoms with Gasteiger partial charge in [0, 0.05) is 0 Å². The van der Waals surface area contributed by atoms with Gasteiger partial charge in [-0.1, -0.05) is 69.0 Å². The van der Waals surface area contributed by atoms with Crippen LogP contribution in [0.25, 0.3) is 0 Å². The lowest BCUT2D eigenvalue weighted by Gasteiger charge is -2.12. The van der Waals surface area contributed by atoms with E-state index in [1.54, 1.807) is 24.3 Å². The van der Waals surface area contributed by atoms with Gasteiger partial charge >= 0.3 is 0 Å². The Morgan fingerprint density at radius 2 is 1.83 bits per heavy atom. The molecule has 0 bridgehead atoms. The highest BCUT2D eigenvalue weighted by Gasteiger charge is 2.13. The summed E-state index contributed by atoms with van der Waals surface area (Å²) in [4.78, 5) is 12.5. The van der Waals surface area contributed by atoms with Crippen LogP contribution in [0.3, 0.4) is 0 Å². The zero-order valence-electron chi connectivity index (χ0n) is 14.0. The first-order valence-corrected chi connectivity index (χ1v) is 7.89. The average molecular weight is 322 g/mol. The number of hydrazone groups is 1. The lowest BCUT2D eigenvalue weighted by atomic mass is 10.0. The van der Waals surface area contributed by atoms with Gasteiger partial charge in [0.15, 0.2) is 0 Å². The maximum absolute atomic E-state index is 12.5. The van der Waals surface area contributed by atoms with Crippen LogP contribution in [-0.2, 0) is 0 Å². The highest BCUT2D eigenvalue weighted by Crippen LogP contribution is 2.18. The van der Waals surface area contributed by atoms with Gasteiger partial charge in [-0.3, -0.25) is 4.79 Å². The Morgan fingerprint density at radius 3 is 2.50 bits per heavy atom. The van der Waals surface area contributed by atoms with E-state index in [2.05, 4.69) is 17.1 Å². The Balaban J connectivity index is 2.21. The minimum absolute atomic E-state index is 0.181. The van der Waals surface area contributed by atoms with Crippen LogP contribution < -0.4 is 10.2 Å². The summed E-state index contributed by atoms with van der Waals surface area (Å²) in [6, 6.07) is 16.9. The van der Waals surface area contributed by atoms with Gasteiger partial charge in [-0.25, -0.2) is 5.43 Å². The minimum Gasteiger partial charge on any atom is -0.489 e. The number of ether oxygens (including phenoxy) is 1. The summed E-state index contributed by atoms with van der Waals surface area (Å²) >= 11 is 0. The second-order valence-electron chi connectivity index (χ2n) is 5.55. The SMILES string of the molecule is C=CCOc1ccccc1C(=O)N/N=C(/c1ccccc1)C(C)C. The van der Waals surface area contributed by atoms with E-state index in [4.69, 9.17) is 4.74 Å². The van der Waals surface area contributed by atoms with E-state index in [1.165, 1.54) is 0 Å². The predicted octanol–water partition coefficient (Wildman–Crippen LogP) is 4.04. The van der Waals surface area contributed by atoms with Crippen LogP contribution in [0, 0.1) is 5.92 Å².